The number of aliphatic carboxylic acids is 2. The first-order chi connectivity index (χ1) is 17.3. The van der Waals surface area contributed by atoms with Gasteiger partial charge in [-0.1, -0.05) is 50.6 Å². The van der Waals surface area contributed by atoms with E-state index < -0.39 is 78.5 Å². The van der Waals surface area contributed by atoms with Gasteiger partial charge in [-0.05, 0) is 17.9 Å². The molecule has 0 spiro atoms. The molecule has 1 aromatic rings. The quantitative estimate of drug-likeness (QED) is 0.139. The first kappa shape index (κ1) is 31.0. The van der Waals surface area contributed by atoms with E-state index in [0.717, 1.165) is 0 Å². The van der Waals surface area contributed by atoms with E-state index >= 15 is 0 Å². The first-order valence-corrected chi connectivity index (χ1v) is 11.8. The summed E-state index contributed by atoms with van der Waals surface area (Å²) in [5, 5.41) is 25.9. The topological polar surface area (TPSA) is 231 Å². The minimum atomic E-state index is -1.40. The average molecular weight is 522 g/mol. The fourth-order valence-electron chi connectivity index (χ4n) is 3.39. The Balaban J connectivity index is 3.06. The predicted octanol–water partition coefficient (Wildman–Crippen LogP) is -1.12. The van der Waals surface area contributed by atoms with Gasteiger partial charge in [-0.2, -0.15) is 0 Å². The van der Waals surface area contributed by atoms with E-state index in [1.165, 1.54) is 0 Å². The number of hydrogen-bond donors (Lipinski definition) is 7. The van der Waals surface area contributed by atoms with Gasteiger partial charge in [0.15, 0.2) is 0 Å². The number of carbonyl (C=O) groups excluding carboxylic acids is 4. The summed E-state index contributed by atoms with van der Waals surface area (Å²) in [5.74, 6) is -6.27. The molecule has 0 radical (unpaired) electrons. The van der Waals surface area contributed by atoms with Crippen molar-refractivity contribution in [3.8, 4) is 0 Å². The maximum absolute atomic E-state index is 13.1. The van der Waals surface area contributed by atoms with Crippen LogP contribution in [0, 0.1) is 5.92 Å². The molecule has 1 rings (SSSR count). The fraction of sp³-hybridized carbons (Fsp3) is 0.500. The largest absolute Gasteiger partial charge is 0.481 e. The van der Waals surface area contributed by atoms with Crippen LogP contribution in [0.5, 0.6) is 0 Å². The number of hydrogen-bond acceptors (Lipinski definition) is 7. The molecular weight excluding hydrogens is 486 g/mol. The Bertz CT molecular complexity index is 971. The molecule has 13 nitrogen and oxygen atoms in total. The van der Waals surface area contributed by atoms with Gasteiger partial charge in [-0.3, -0.25) is 24.0 Å². The molecular formula is C24H35N5O8. The zero-order valence-corrected chi connectivity index (χ0v) is 20.8. The summed E-state index contributed by atoms with van der Waals surface area (Å²) >= 11 is 0. The molecule has 1 aromatic carbocycles. The summed E-state index contributed by atoms with van der Waals surface area (Å²) in [6.07, 6.45) is -0.855. The van der Waals surface area contributed by atoms with Crippen LogP contribution < -0.4 is 27.4 Å². The molecule has 0 heterocycles. The van der Waals surface area contributed by atoms with Gasteiger partial charge in [0, 0.05) is 12.8 Å². The number of carbonyl (C=O) groups is 6. The molecule has 0 aliphatic carbocycles. The Morgan fingerprint density at radius 1 is 0.892 bits per heavy atom. The highest BCUT2D eigenvalue weighted by Crippen LogP contribution is 2.11. The van der Waals surface area contributed by atoms with E-state index in [-0.39, 0.29) is 12.8 Å². The maximum Gasteiger partial charge on any atom is 0.326 e. The fourth-order valence-corrected chi connectivity index (χ4v) is 3.39. The van der Waals surface area contributed by atoms with Crippen molar-refractivity contribution in [2.45, 2.75) is 70.1 Å². The first-order valence-electron chi connectivity index (χ1n) is 11.8. The van der Waals surface area contributed by atoms with Crippen LogP contribution in [0.1, 0.15) is 45.1 Å². The second-order valence-electron chi connectivity index (χ2n) is 8.73. The molecule has 0 aliphatic heterocycles. The van der Waals surface area contributed by atoms with Crippen molar-refractivity contribution in [1.29, 1.82) is 0 Å². The van der Waals surface area contributed by atoms with Gasteiger partial charge in [0.1, 0.15) is 18.1 Å². The Kier molecular flexibility index (Phi) is 12.7. The monoisotopic (exact) mass is 521 g/mol. The summed E-state index contributed by atoms with van der Waals surface area (Å²) in [6.45, 7) is 3.42. The summed E-state index contributed by atoms with van der Waals surface area (Å²) < 4.78 is 0. The van der Waals surface area contributed by atoms with Crippen LogP contribution in [0.2, 0.25) is 0 Å². The van der Waals surface area contributed by atoms with Crippen LogP contribution in [0.3, 0.4) is 0 Å². The molecule has 4 amide bonds. The van der Waals surface area contributed by atoms with Gasteiger partial charge in [-0.25, -0.2) is 4.79 Å². The molecule has 37 heavy (non-hydrogen) atoms. The average Bonchev–Trinajstić information content (AvgIpc) is 2.83. The maximum atomic E-state index is 13.1. The van der Waals surface area contributed by atoms with Crippen molar-refractivity contribution < 1.29 is 39.0 Å². The lowest BCUT2D eigenvalue weighted by Crippen LogP contribution is -2.59. The van der Waals surface area contributed by atoms with E-state index in [0.29, 0.717) is 12.0 Å². The molecule has 204 valence electrons. The van der Waals surface area contributed by atoms with Gasteiger partial charge in [0.05, 0.1) is 12.5 Å². The number of carboxylic acid groups (broad SMARTS) is 2. The third kappa shape index (κ3) is 11.1. The van der Waals surface area contributed by atoms with Crippen LogP contribution in [0.15, 0.2) is 30.3 Å². The number of nitrogens with two attached hydrogens (primary N) is 2. The highest BCUT2D eigenvalue weighted by Gasteiger charge is 2.33. The SMILES string of the molecule is CCC(C)C(NC(=O)C(N)CC(N)=O)C(=O)NC(CCC(=O)O)C(=O)NC(Cc1ccccc1)C(=O)O. The van der Waals surface area contributed by atoms with Crippen LogP contribution in [-0.2, 0) is 35.2 Å². The van der Waals surface area contributed by atoms with Gasteiger partial charge in [0.25, 0.3) is 0 Å². The summed E-state index contributed by atoms with van der Waals surface area (Å²) in [5.41, 5.74) is 11.4. The lowest BCUT2D eigenvalue weighted by Gasteiger charge is -2.27. The number of primary amides is 1. The van der Waals surface area contributed by atoms with E-state index in [1.54, 1.807) is 44.2 Å². The highest BCUT2D eigenvalue weighted by atomic mass is 16.4. The zero-order chi connectivity index (χ0) is 28.1. The number of carboxylic acids is 2. The third-order valence-corrected chi connectivity index (χ3v) is 5.73. The summed E-state index contributed by atoms with van der Waals surface area (Å²) in [4.78, 5) is 72.4. The molecule has 5 atom stereocenters. The van der Waals surface area contributed by atoms with Gasteiger partial charge >= 0.3 is 11.9 Å². The van der Waals surface area contributed by atoms with Crippen LogP contribution in [0.4, 0.5) is 0 Å². The van der Waals surface area contributed by atoms with Crippen molar-refractivity contribution in [3.05, 3.63) is 35.9 Å². The van der Waals surface area contributed by atoms with E-state index in [2.05, 4.69) is 16.0 Å². The van der Waals surface area contributed by atoms with Gasteiger partial charge in [0.2, 0.25) is 23.6 Å². The van der Waals surface area contributed by atoms with Crippen LogP contribution >= 0.6 is 0 Å². The molecule has 9 N–H and O–H groups in total. The zero-order valence-electron chi connectivity index (χ0n) is 20.8. The molecule has 5 unspecified atom stereocenters. The Hall–Kier alpha value is -4.00. The Morgan fingerprint density at radius 3 is 2.00 bits per heavy atom. The number of benzene rings is 1. The van der Waals surface area contributed by atoms with Crippen molar-refractivity contribution in [3.63, 3.8) is 0 Å². The number of nitrogens with one attached hydrogen (secondary N) is 3. The van der Waals surface area contributed by atoms with Crippen molar-refractivity contribution in [2.24, 2.45) is 17.4 Å². The van der Waals surface area contributed by atoms with E-state index in [9.17, 15) is 33.9 Å². The van der Waals surface area contributed by atoms with Crippen LogP contribution in [0.25, 0.3) is 0 Å². The number of rotatable bonds is 16. The van der Waals surface area contributed by atoms with Crippen LogP contribution in [-0.4, -0.2) is 69.9 Å². The standard InChI is InChI=1S/C24H35N5O8/c1-3-13(2)20(29-21(33)15(25)12-18(26)30)23(35)27-16(9-10-19(31)32)22(34)28-17(24(36)37)11-14-7-5-4-6-8-14/h4-8,13,15-17,20H,3,9-12,25H2,1-2H3,(H2,26,30)(H,27,35)(H,28,34)(H,29,33)(H,31,32)(H,36,37). The van der Waals surface area contributed by atoms with Crippen molar-refractivity contribution >= 4 is 35.6 Å². The Labute approximate surface area is 214 Å². The Morgan fingerprint density at radius 2 is 1.49 bits per heavy atom. The van der Waals surface area contributed by atoms with Crippen molar-refractivity contribution in [1.82, 2.24) is 16.0 Å². The van der Waals surface area contributed by atoms with E-state index in [4.69, 9.17) is 16.6 Å². The highest BCUT2D eigenvalue weighted by molar-refractivity contribution is 5.95. The van der Waals surface area contributed by atoms with Crippen molar-refractivity contribution in [2.75, 3.05) is 0 Å². The van der Waals surface area contributed by atoms with Gasteiger partial charge < -0.3 is 37.6 Å². The number of amides is 4. The second-order valence-corrected chi connectivity index (χ2v) is 8.73. The lowest BCUT2D eigenvalue weighted by atomic mass is 9.97. The molecule has 13 heteroatoms. The molecule has 0 bridgehead atoms. The predicted molar refractivity (Wildman–Crippen MR) is 132 cm³/mol. The lowest BCUT2D eigenvalue weighted by molar-refractivity contribution is -0.143. The normalized spacial score (nSPS) is 14.8. The molecule has 0 aromatic heterocycles. The molecule has 0 saturated carbocycles. The second kappa shape index (κ2) is 15.2. The minimum Gasteiger partial charge on any atom is -0.481 e. The third-order valence-electron chi connectivity index (χ3n) is 5.73. The summed E-state index contributed by atoms with van der Waals surface area (Å²) in [7, 11) is 0. The smallest absolute Gasteiger partial charge is 0.326 e. The molecule has 0 fully saturated rings. The summed E-state index contributed by atoms with van der Waals surface area (Å²) in [6, 6.07) is 3.36. The van der Waals surface area contributed by atoms with Gasteiger partial charge in [-0.15, -0.1) is 0 Å². The van der Waals surface area contributed by atoms with E-state index in [1.807, 2.05) is 0 Å². The molecule has 0 saturated heterocycles. The molecule has 0 aliphatic rings. The minimum absolute atomic E-state index is 0.0369.